The number of aryl methyl sites for hydroxylation is 4. The monoisotopic (exact) mass is 366 g/mol. The first-order valence-electron chi connectivity index (χ1n) is 10.1. The van der Waals surface area contributed by atoms with E-state index in [9.17, 15) is 0 Å². The van der Waals surface area contributed by atoms with Gasteiger partial charge in [0.2, 0.25) is 0 Å². The molecule has 0 unspecified atom stereocenters. The number of fused-ring (bicyclic) bond motifs is 2. The molecule has 0 radical (unpaired) electrons. The van der Waals surface area contributed by atoms with Crippen molar-refractivity contribution in [2.45, 2.75) is 85.0 Å². The van der Waals surface area contributed by atoms with E-state index in [0.29, 0.717) is 0 Å². The van der Waals surface area contributed by atoms with Gasteiger partial charge >= 0.3 is 0 Å². The van der Waals surface area contributed by atoms with E-state index in [-0.39, 0.29) is 11.2 Å². The molecular weight excluding hydrogens is 332 g/mol. The fourth-order valence-electron chi connectivity index (χ4n) is 3.23. The zero-order chi connectivity index (χ0) is 19.7. The molecule has 2 heteroatoms. The second-order valence-corrected chi connectivity index (χ2v) is 9.65. The average molecular weight is 367 g/mol. The Morgan fingerprint density at radius 1 is 0.667 bits per heavy atom. The fraction of sp³-hybridized carbons (Fsp3) is 0.520. The zero-order valence-electron chi connectivity index (χ0n) is 17.8. The maximum Gasteiger partial charge on any atom is 0.120 e. The highest BCUT2D eigenvalue weighted by atomic mass is 16.5. The van der Waals surface area contributed by atoms with Gasteiger partial charge in [-0.1, -0.05) is 24.3 Å². The van der Waals surface area contributed by atoms with Crippen LogP contribution in [0.2, 0.25) is 0 Å². The molecule has 0 saturated heterocycles. The van der Waals surface area contributed by atoms with E-state index >= 15 is 0 Å². The van der Waals surface area contributed by atoms with Crippen LogP contribution in [-0.4, -0.2) is 11.2 Å². The molecule has 0 heterocycles. The second-order valence-electron chi connectivity index (χ2n) is 9.65. The van der Waals surface area contributed by atoms with Gasteiger partial charge in [0, 0.05) is 0 Å². The molecule has 0 bridgehead atoms. The highest BCUT2D eigenvalue weighted by molar-refractivity contribution is 5.41. The van der Waals surface area contributed by atoms with Gasteiger partial charge in [0.15, 0.2) is 0 Å². The Bertz CT molecular complexity index is 791. The molecular formula is C25H34O2. The number of hydrogen-bond donors (Lipinski definition) is 0. The maximum absolute atomic E-state index is 5.77. The summed E-state index contributed by atoms with van der Waals surface area (Å²) >= 11 is 0. The van der Waals surface area contributed by atoms with Gasteiger partial charge in [0.25, 0.3) is 0 Å². The van der Waals surface area contributed by atoms with Crippen LogP contribution in [0.3, 0.4) is 0 Å². The molecule has 0 saturated carbocycles. The van der Waals surface area contributed by atoms with Crippen LogP contribution in [0.1, 0.15) is 69.4 Å². The van der Waals surface area contributed by atoms with Crippen LogP contribution >= 0.6 is 0 Å². The van der Waals surface area contributed by atoms with E-state index in [0.717, 1.165) is 12.4 Å². The standard InChI is InChI=1S/C13H18O.C12H16O/c1-13(2,3)14-9-10-4-5-11-6-7-12(11)8-10;1-12(2,3)13-11-7-6-9-4-5-10(9)8-11/h4-5,8H,6-7,9H2,1-3H3;6-8H,4-5H2,1-3H3. The maximum atomic E-state index is 5.77. The predicted octanol–water partition coefficient (Wildman–Crippen LogP) is 6.06. The second kappa shape index (κ2) is 7.67. The van der Waals surface area contributed by atoms with Crippen molar-refractivity contribution in [2.24, 2.45) is 0 Å². The van der Waals surface area contributed by atoms with Crippen molar-refractivity contribution in [3.8, 4) is 5.75 Å². The Morgan fingerprint density at radius 3 is 1.67 bits per heavy atom. The molecule has 4 rings (SSSR count). The summed E-state index contributed by atoms with van der Waals surface area (Å²) in [6.07, 6.45) is 4.97. The highest BCUT2D eigenvalue weighted by Gasteiger charge is 2.17. The molecule has 2 aliphatic rings. The summed E-state index contributed by atoms with van der Waals surface area (Å²) in [6, 6.07) is 13.1. The molecule has 2 aliphatic carbocycles. The summed E-state index contributed by atoms with van der Waals surface area (Å²) < 4.78 is 11.5. The van der Waals surface area contributed by atoms with Crippen LogP contribution in [0.4, 0.5) is 0 Å². The Morgan fingerprint density at radius 2 is 1.22 bits per heavy atom. The highest BCUT2D eigenvalue weighted by Crippen LogP contribution is 2.28. The van der Waals surface area contributed by atoms with Gasteiger partial charge in [-0.25, -0.2) is 0 Å². The van der Waals surface area contributed by atoms with Crippen LogP contribution in [0.15, 0.2) is 36.4 Å². The van der Waals surface area contributed by atoms with Crippen LogP contribution in [0.5, 0.6) is 5.75 Å². The van der Waals surface area contributed by atoms with Gasteiger partial charge in [-0.05, 0) is 107 Å². The number of benzene rings is 2. The normalized spacial score (nSPS) is 14.7. The number of rotatable bonds is 3. The van der Waals surface area contributed by atoms with Crippen LogP contribution in [0.25, 0.3) is 0 Å². The Kier molecular flexibility index (Phi) is 5.67. The molecule has 0 aliphatic heterocycles. The Labute approximate surface area is 164 Å². The molecule has 0 amide bonds. The van der Waals surface area contributed by atoms with E-state index in [2.05, 4.69) is 77.9 Å². The lowest BCUT2D eigenvalue weighted by molar-refractivity contribution is -0.0150. The van der Waals surface area contributed by atoms with Crippen LogP contribution < -0.4 is 4.74 Å². The van der Waals surface area contributed by atoms with Gasteiger partial charge in [-0.3, -0.25) is 0 Å². The lowest BCUT2D eigenvalue weighted by atomic mass is 9.87. The first kappa shape index (κ1) is 19.9. The molecule has 0 spiro atoms. The predicted molar refractivity (Wildman–Crippen MR) is 113 cm³/mol. The third-order valence-corrected chi connectivity index (χ3v) is 4.87. The SMILES string of the molecule is CC(C)(C)OCc1ccc2c(c1)CC2.CC(C)(C)Oc1ccc2c(c1)CC2. The molecule has 146 valence electrons. The van der Waals surface area contributed by atoms with Crippen molar-refractivity contribution in [3.63, 3.8) is 0 Å². The van der Waals surface area contributed by atoms with Gasteiger partial charge < -0.3 is 9.47 Å². The van der Waals surface area contributed by atoms with E-state index in [4.69, 9.17) is 9.47 Å². The third-order valence-electron chi connectivity index (χ3n) is 4.87. The van der Waals surface area contributed by atoms with E-state index < -0.39 is 0 Å². The van der Waals surface area contributed by atoms with Gasteiger partial charge in [0.05, 0.1) is 12.2 Å². The molecule has 2 aromatic carbocycles. The summed E-state index contributed by atoms with van der Waals surface area (Å²) in [4.78, 5) is 0. The minimum absolute atomic E-state index is 0.0387. The molecule has 0 aromatic heterocycles. The van der Waals surface area contributed by atoms with E-state index in [1.807, 2.05) is 0 Å². The third kappa shape index (κ3) is 5.84. The minimum Gasteiger partial charge on any atom is -0.488 e. The summed E-state index contributed by atoms with van der Waals surface area (Å²) in [5.41, 5.74) is 7.16. The summed E-state index contributed by atoms with van der Waals surface area (Å²) in [6.45, 7) is 13.2. The summed E-state index contributed by atoms with van der Waals surface area (Å²) in [5.74, 6) is 1.01. The van der Waals surface area contributed by atoms with Crippen molar-refractivity contribution in [1.82, 2.24) is 0 Å². The molecule has 0 atom stereocenters. The fourth-order valence-corrected chi connectivity index (χ4v) is 3.23. The summed E-state index contributed by atoms with van der Waals surface area (Å²) in [7, 11) is 0. The molecule has 27 heavy (non-hydrogen) atoms. The van der Waals surface area contributed by atoms with E-state index in [1.165, 1.54) is 53.5 Å². The molecule has 0 fully saturated rings. The lowest BCUT2D eigenvalue weighted by Crippen LogP contribution is -2.23. The number of ether oxygens (including phenoxy) is 2. The first-order chi connectivity index (χ1) is 12.6. The summed E-state index contributed by atoms with van der Waals surface area (Å²) in [5, 5.41) is 0. The van der Waals surface area contributed by atoms with Crippen LogP contribution in [-0.2, 0) is 37.0 Å². The lowest BCUT2D eigenvalue weighted by Gasteiger charge is -2.24. The number of hydrogen-bond acceptors (Lipinski definition) is 2. The van der Waals surface area contributed by atoms with E-state index in [1.54, 1.807) is 0 Å². The molecule has 0 N–H and O–H groups in total. The Hall–Kier alpha value is -1.80. The Balaban J connectivity index is 0.000000156. The smallest absolute Gasteiger partial charge is 0.120 e. The molecule has 2 nitrogen and oxygen atoms in total. The van der Waals surface area contributed by atoms with Crippen molar-refractivity contribution < 1.29 is 9.47 Å². The van der Waals surface area contributed by atoms with Gasteiger partial charge in [-0.2, -0.15) is 0 Å². The van der Waals surface area contributed by atoms with Gasteiger partial charge in [0.1, 0.15) is 11.4 Å². The van der Waals surface area contributed by atoms with Crippen molar-refractivity contribution in [1.29, 1.82) is 0 Å². The zero-order valence-corrected chi connectivity index (χ0v) is 17.8. The van der Waals surface area contributed by atoms with Gasteiger partial charge in [-0.15, -0.1) is 0 Å². The topological polar surface area (TPSA) is 18.5 Å². The largest absolute Gasteiger partial charge is 0.488 e. The van der Waals surface area contributed by atoms with Crippen molar-refractivity contribution in [3.05, 3.63) is 64.2 Å². The van der Waals surface area contributed by atoms with Crippen LogP contribution in [0, 0.1) is 0 Å². The first-order valence-corrected chi connectivity index (χ1v) is 10.1. The average Bonchev–Trinajstić information content (AvgIpc) is 2.49. The quantitative estimate of drug-likeness (QED) is 0.657. The minimum atomic E-state index is -0.0853. The molecule has 2 aromatic rings. The van der Waals surface area contributed by atoms with Crippen molar-refractivity contribution >= 4 is 0 Å². The van der Waals surface area contributed by atoms with Crippen molar-refractivity contribution in [2.75, 3.05) is 0 Å².